The van der Waals surface area contributed by atoms with Crippen molar-refractivity contribution in [1.82, 2.24) is 20.8 Å². The molecule has 0 bridgehead atoms. The lowest BCUT2D eigenvalue weighted by atomic mass is 10.0. The molecule has 0 unspecified atom stereocenters. The Labute approximate surface area is 223 Å². The van der Waals surface area contributed by atoms with E-state index < -0.39 is 30.0 Å². The van der Waals surface area contributed by atoms with Crippen molar-refractivity contribution in [3.05, 3.63) is 69.7 Å². The molecule has 0 aliphatic carbocycles. The quantitative estimate of drug-likeness (QED) is 0.231. The molecule has 5 N–H and O–H groups in total. The molecule has 0 spiro atoms. The molecule has 3 rings (SSSR count). The Morgan fingerprint density at radius 1 is 1.00 bits per heavy atom. The summed E-state index contributed by atoms with van der Waals surface area (Å²) in [5.41, 5.74) is 1.53. The number of H-pyrrole nitrogens is 1. The Bertz CT molecular complexity index is 1240. The number of phenolic OH excluding ortho intramolecular Hbond substituents is 1. The van der Waals surface area contributed by atoms with E-state index in [1.807, 2.05) is 44.2 Å². The number of aromatic hydroxyl groups is 1. The van der Waals surface area contributed by atoms with Gasteiger partial charge in [0.25, 0.3) is 0 Å². The van der Waals surface area contributed by atoms with E-state index in [4.69, 9.17) is 17.0 Å². The number of phenols is 1. The van der Waals surface area contributed by atoms with Gasteiger partial charge in [-0.25, -0.2) is 4.79 Å². The number of hydrogen-bond acceptors (Lipinski definition) is 8. The van der Waals surface area contributed by atoms with Crippen molar-refractivity contribution in [1.29, 1.82) is 0 Å². The van der Waals surface area contributed by atoms with Gasteiger partial charge < -0.3 is 20.5 Å². The number of anilines is 1. The van der Waals surface area contributed by atoms with E-state index in [1.165, 1.54) is 12.1 Å². The van der Waals surface area contributed by atoms with Crippen LogP contribution < -0.4 is 16.0 Å². The van der Waals surface area contributed by atoms with Crippen molar-refractivity contribution in [2.24, 2.45) is 5.92 Å². The van der Waals surface area contributed by atoms with E-state index in [1.54, 1.807) is 12.1 Å². The Morgan fingerprint density at radius 2 is 1.70 bits per heavy atom. The third-order valence-electron chi connectivity index (χ3n) is 5.21. The second-order valence-electron chi connectivity index (χ2n) is 8.73. The first-order valence-corrected chi connectivity index (χ1v) is 12.8. The van der Waals surface area contributed by atoms with Crippen molar-refractivity contribution >= 4 is 46.6 Å². The van der Waals surface area contributed by atoms with Gasteiger partial charge in [-0.1, -0.05) is 67.6 Å². The fourth-order valence-corrected chi connectivity index (χ4v) is 4.23. The molecule has 0 fully saturated rings. The van der Waals surface area contributed by atoms with Gasteiger partial charge in [0, 0.05) is 6.42 Å². The van der Waals surface area contributed by atoms with E-state index in [0.717, 1.165) is 16.9 Å². The molecule has 12 heteroatoms. The number of benzene rings is 2. The maximum Gasteiger partial charge on any atom is 0.408 e. The molecular formula is C25H29N5O5S2. The van der Waals surface area contributed by atoms with Crippen molar-refractivity contribution in [3.63, 3.8) is 0 Å². The van der Waals surface area contributed by atoms with Gasteiger partial charge in [0.05, 0.1) is 0 Å². The average molecular weight is 544 g/mol. The van der Waals surface area contributed by atoms with E-state index in [2.05, 4.69) is 26.1 Å². The monoisotopic (exact) mass is 543 g/mol. The molecule has 37 heavy (non-hydrogen) atoms. The minimum Gasteiger partial charge on any atom is -0.508 e. The minimum absolute atomic E-state index is 0.0598. The van der Waals surface area contributed by atoms with E-state index in [0.29, 0.717) is 15.9 Å². The number of carbonyl (C=O) groups is 3. The molecule has 0 saturated heterocycles. The molecule has 0 aliphatic rings. The van der Waals surface area contributed by atoms with Crippen LogP contribution in [-0.2, 0) is 27.4 Å². The van der Waals surface area contributed by atoms with Gasteiger partial charge in [-0.15, -0.1) is 5.10 Å². The van der Waals surface area contributed by atoms with Gasteiger partial charge in [-0.3, -0.25) is 20.0 Å². The van der Waals surface area contributed by atoms with Crippen molar-refractivity contribution in [3.8, 4) is 5.75 Å². The molecule has 1 heterocycles. The number of nitrogens with zero attached hydrogens (tertiary/aromatic N) is 1. The Hall–Kier alpha value is -3.77. The Balaban J connectivity index is 1.71. The topological polar surface area (TPSA) is 145 Å². The van der Waals surface area contributed by atoms with Crippen molar-refractivity contribution < 1.29 is 24.2 Å². The van der Waals surface area contributed by atoms with Gasteiger partial charge >= 0.3 is 6.09 Å². The summed E-state index contributed by atoms with van der Waals surface area (Å²) in [7, 11) is 0. The number of ether oxygens (including phenoxy) is 1. The van der Waals surface area contributed by atoms with Gasteiger partial charge in [-0.2, -0.15) is 0 Å². The Kier molecular flexibility index (Phi) is 10.2. The highest BCUT2D eigenvalue weighted by molar-refractivity contribution is 7.73. The van der Waals surface area contributed by atoms with E-state index >= 15 is 0 Å². The highest BCUT2D eigenvalue weighted by Gasteiger charge is 2.28. The number of aromatic nitrogens is 2. The second kappa shape index (κ2) is 13.5. The van der Waals surface area contributed by atoms with Gasteiger partial charge in [0.2, 0.25) is 16.9 Å². The summed E-state index contributed by atoms with van der Waals surface area (Å²) in [6, 6.07) is 13.6. The van der Waals surface area contributed by atoms with Gasteiger partial charge in [0.15, 0.2) is 3.95 Å². The summed E-state index contributed by atoms with van der Waals surface area (Å²) in [5.74, 6) is -0.876. The molecule has 0 aliphatic heterocycles. The van der Waals surface area contributed by atoms with Crippen LogP contribution in [0.15, 0.2) is 54.6 Å². The Morgan fingerprint density at radius 3 is 2.32 bits per heavy atom. The third-order valence-corrected chi connectivity index (χ3v) is 6.21. The van der Waals surface area contributed by atoms with E-state index in [9.17, 15) is 19.5 Å². The number of alkyl carbamates (subject to hydrolysis) is 1. The zero-order valence-electron chi connectivity index (χ0n) is 20.4. The lowest BCUT2D eigenvalue weighted by Crippen LogP contribution is -2.53. The summed E-state index contributed by atoms with van der Waals surface area (Å²) in [6.07, 6.45) is -0.262. The number of carbonyl (C=O) groups excluding carboxylic acids is 3. The summed E-state index contributed by atoms with van der Waals surface area (Å²) >= 11 is 6.09. The summed E-state index contributed by atoms with van der Waals surface area (Å²) in [5, 5.41) is 24.4. The van der Waals surface area contributed by atoms with Crippen LogP contribution in [0.3, 0.4) is 0 Å². The highest BCUT2D eigenvalue weighted by atomic mass is 32.1. The fourth-order valence-electron chi connectivity index (χ4n) is 3.44. The zero-order chi connectivity index (χ0) is 26.8. The van der Waals surface area contributed by atoms with Crippen LogP contribution in [-0.4, -0.2) is 45.3 Å². The maximum absolute atomic E-state index is 13.3. The summed E-state index contributed by atoms with van der Waals surface area (Å²) in [4.78, 5) is 38.8. The number of rotatable bonds is 11. The van der Waals surface area contributed by atoms with Crippen LogP contribution in [0.2, 0.25) is 0 Å². The van der Waals surface area contributed by atoms with Crippen LogP contribution >= 0.6 is 23.6 Å². The molecule has 196 valence electrons. The number of amides is 3. The maximum atomic E-state index is 13.3. The SMILES string of the molecule is CC(C)C[C@H](NC(=O)OCc1ccccc1)C(=O)N[C@@H](Cc1ccc(O)cc1)C(=O)Nc1n[nH]c(=S)s1. The van der Waals surface area contributed by atoms with Crippen molar-refractivity contribution in [2.45, 2.75) is 45.4 Å². The standard InChI is InChI=1S/C25H29N5O5S2/c1-15(2)12-19(27-24(34)35-14-17-6-4-3-5-7-17)21(32)26-20(13-16-8-10-18(31)11-9-16)22(33)28-23-29-30-25(36)37-23/h3-11,15,19-20,31H,12-14H2,1-2H3,(H,26,32)(H,27,34)(H,30,36)(H,28,29,33)/t19-,20-/m0/s1. The van der Waals surface area contributed by atoms with Gasteiger partial charge in [0.1, 0.15) is 24.4 Å². The molecule has 1 aromatic heterocycles. The molecule has 3 amide bonds. The first-order chi connectivity index (χ1) is 17.7. The molecule has 0 radical (unpaired) electrons. The zero-order valence-corrected chi connectivity index (χ0v) is 22.0. The highest BCUT2D eigenvalue weighted by Crippen LogP contribution is 2.15. The summed E-state index contributed by atoms with van der Waals surface area (Å²) in [6.45, 7) is 3.90. The molecule has 2 aromatic carbocycles. The first kappa shape index (κ1) is 27.8. The molecule has 10 nitrogen and oxygen atoms in total. The van der Waals surface area contributed by atoms with Crippen molar-refractivity contribution in [2.75, 3.05) is 5.32 Å². The fraction of sp³-hybridized carbons (Fsp3) is 0.320. The van der Waals surface area contributed by atoms with Crippen LogP contribution in [0.1, 0.15) is 31.4 Å². The van der Waals surface area contributed by atoms with Crippen LogP contribution in [0.4, 0.5) is 9.93 Å². The smallest absolute Gasteiger partial charge is 0.408 e. The molecular weight excluding hydrogens is 514 g/mol. The number of aromatic amines is 1. The largest absolute Gasteiger partial charge is 0.508 e. The lowest BCUT2D eigenvalue weighted by molar-refractivity contribution is -0.128. The normalized spacial score (nSPS) is 12.4. The number of nitrogens with one attached hydrogen (secondary N) is 4. The number of hydrogen-bond donors (Lipinski definition) is 5. The van der Waals surface area contributed by atoms with Crippen LogP contribution in [0.5, 0.6) is 5.75 Å². The molecule has 2 atom stereocenters. The summed E-state index contributed by atoms with van der Waals surface area (Å²) < 4.78 is 5.67. The lowest BCUT2D eigenvalue weighted by Gasteiger charge is -2.24. The molecule has 3 aromatic rings. The molecule has 0 saturated carbocycles. The second-order valence-corrected chi connectivity index (χ2v) is 10.4. The van der Waals surface area contributed by atoms with E-state index in [-0.39, 0.29) is 29.8 Å². The van der Waals surface area contributed by atoms with Crippen LogP contribution in [0.25, 0.3) is 0 Å². The predicted molar refractivity (Wildman–Crippen MR) is 143 cm³/mol. The van der Waals surface area contributed by atoms with Gasteiger partial charge in [-0.05, 0) is 47.8 Å². The predicted octanol–water partition coefficient (Wildman–Crippen LogP) is 3.91. The average Bonchev–Trinajstić information content (AvgIpc) is 3.27. The first-order valence-electron chi connectivity index (χ1n) is 11.6. The third kappa shape index (κ3) is 9.32. The minimum atomic E-state index is -0.994. The van der Waals surface area contributed by atoms with Crippen LogP contribution in [0, 0.1) is 9.87 Å².